The highest BCUT2D eigenvalue weighted by molar-refractivity contribution is 4.90. The van der Waals surface area contributed by atoms with Crippen molar-refractivity contribution in [2.24, 2.45) is 5.92 Å². The Bertz CT molecular complexity index is 72.1. The van der Waals surface area contributed by atoms with Crippen LogP contribution in [-0.2, 0) is 0 Å². The van der Waals surface area contributed by atoms with E-state index in [1.165, 1.54) is 12.8 Å². The molecule has 0 aliphatic heterocycles. The first-order valence-corrected chi connectivity index (χ1v) is 3.60. The van der Waals surface area contributed by atoms with Crippen LogP contribution >= 0.6 is 0 Å². The summed E-state index contributed by atoms with van der Waals surface area (Å²) in [6.45, 7) is 9.69. The van der Waals surface area contributed by atoms with Gasteiger partial charge < -0.3 is 0 Å². The smallest absolute Gasteiger partial charge is 0.0234 e. The first-order chi connectivity index (χ1) is 4.35. The van der Waals surface area contributed by atoms with E-state index in [4.69, 9.17) is 0 Å². The van der Waals surface area contributed by atoms with Crippen molar-refractivity contribution in [3.8, 4) is 0 Å². The van der Waals surface area contributed by atoms with Gasteiger partial charge in [-0.2, -0.15) is 0 Å². The summed E-state index contributed by atoms with van der Waals surface area (Å²) < 4.78 is 0. The van der Waals surface area contributed by atoms with E-state index in [1.807, 2.05) is 6.08 Å². The van der Waals surface area contributed by atoms with E-state index < -0.39 is 0 Å². The van der Waals surface area contributed by atoms with Gasteiger partial charge in [-0.25, -0.2) is 0 Å². The van der Waals surface area contributed by atoms with Crippen LogP contribution in [0.1, 0.15) is 26.2 Å². The van der Waals surface area contributed by atoms with Gasteiger partial charge in [-0.3, -0.25) is 0 Å². The van der Waals surface area contributed by atoms with Crippen molar-refractivity contribution in [2.75, 3.05) is 0 Å². The Morgan fingerprint density at radius 1 is 1.56 bits per heavy atom. The second-order valence-electron chi connectivity index (χ2n) is 2.27. The lowest BCUT2D eigenvalue weighted by atomic mass is 10.0. The molecule has 0 amide bonds. The minimum Gasteiger partial charge on any atom is -0.0880 e. The Hall–Kier alpha value is -0.260. The standard InChI is InChI=1S/C9H16/c1-4-7-9(6-3)8-5-2/h4,7,9H,1,3,5-6,8H2,2H3. The van der Waals surface area contributed by atoms with Gasteiger partial charge in [0.05, 0.1) is 0 Å². The molecular weight excluding hydrogens is 108 g/mol. The van der Waals surface area contributed by atoms with E-state index in [1.54, 1.807) is 0 Å². The zero-order chi connectivity index (χ0) is 7.11. The third-order valence-corrected chi connectivity index (χ3v) is 1.44. The molecule has 0 fully saturated rings. The second-order valence-corrected chi connectivity index (χ2v) is 2.27. The highest BCUT2D eigenvalue weighted by Crippen LogP contribution is 2.10. The molecule has 0 aromatic heterocycles. The first kappa shape index (κ1) is 8.74. The first-order valence-electron chi connectivity index (χ1n) is 3.60. The molecule has 0 rings (SSSR count). The molecule has 52 valence electrons. The van der Waals surface area contributed by atoms with Crippen molar-refractivity contribution in [3.05, 3.63) is 26.0 Å². The Labute approximate surface area is 59.0 Å². The molecule has 0 N–H and O–H groups in total. The average Bonchev–Trinajstić information content (AvgIpc) is 1.88. The molecule has 0 aliphatic carbocycles. The lowest BCUT2D eigenvalue weighted by Gasteiger charge is -2.05. The lowest BCUT2D eigenvalue weighted by molar-refractivity contribution is 0.587. The van der Waals surface area contributed by atoms with Crippen LogP contribution in [0.15, 0.2) is 12.2 Å². The normalized spacial score (nSPS) is 14.6. The minimum absolute atomic E-state index is 0.660. The molecule has 0 aromatic carbocycles. The second kappa shape index (κ2) is 5.87. The van der Waals surface area contributed by atoms with Gasteiger partial charge in [-0.15, -0.1) is 0 Å². The van der Waals surface area contributed by atoms with Crippen LogP contribution < -0.4 is 0 Å². The third kappa shape index (κ3) is 4.26. The van der Waals surface area contributed by atoms with E-state index in [0.717, 1.165) is 6.42 Å². The highest BCUT2D eigenvalue weighted by atomic mass is 14.0. The molecule has 0 aromatic rings. The minimum atomic E-state index is 0.660. The van der Waals surface area contributed by atoms with Crippen molar-refractivity contribution in [1.29, 1.82) is 0 Å². The summed E-state index contributed by atoms with van der Waals surface area (Å²) >= 11 is 0. The summed E-state index contributed by atoms with van der Waals surface area (Å²) in [4.78, 5) is 0. The number of hydrogen-bond donors (Lipinski definition) is 0. The fourth-order valence-corrected chi connectivity index (χ4v) is 0.900. The van der Waals surface area contributed by atoms with E-state index in [-0.39, 0.29) is 0 Å². The fourth-order valence-electron chi connectivity index (χ4n) is 0.900. The maximum Gasteiger partial charge on any atom is -0.0234 e. The van der Waals surface area contributed by atoms with Crippen molar-refractivity contribution in [1.82, 2.24) is 0 Å². The molecule has 0 heteroatoms. The van der Waals surface area contributed by atoms with Gasteiger partial charge in [0.2, 0.25) is 0 Å². The van der Waals surface area contributed by atoms with Crippen molar-refractivity contribution < 1.29 is 0 Å². The molecule has 1 atom stereocenters. The highest BCUT2D eigenvalue weighted by Gasteiger charge is 1.96. The molecule has 0 heterocycles. The molecule has 0 spiro atoms. The monoisotopic (exact) mass is 124 g/mol. The number of rotatable bonds is 4. The Kier molecular flexibility index (Phi) is 5.70. The van der Waals surface area contributed by atoms with Crippen LogP contribution in [0.25, 0.3) is 0 Å². The fraction of sp³-hybridized carbons (Fsp3) is 0.556. The maximum atomic E-state index is 3.84. The summed E-state index contributed by atoms with van der Waals surface area (Å²) in [6.07, 6.45) is 7.49. The maximum absolute atomic E-state index is 3.84. The van der Waals surface area contributed by atoms with E-state index in [2.05, 4.69) is 26.8 Å². The largest absolute Gasteiger partial charge is 0.0880 e. The molecular formula is C9H16. The summed E-state index contributed by atoms with van der Waals surface area (Å²) in [7, 11) is 0. The third-order valence-electron chi connectivity index (χ3n) is 1.44. The molecule has 0 saturated carbocycles. The van der Waals surface area contributed by atoms with E-state index >= 15 is 0 Å². The van der Waals surface area contributed by atoms with Gasteiger partial charge in [-0.05, 0) is 25.7 Å². The Morgan fingerprint density at radius 2 is 2.22 bits per heavy atom. The summed E-state index contributed by atoms with van der Waals surface area (Å²) in [5.41, 5.74) is 0. The molecule has 2 radical (unpaired) electrons. The molecule has 9 heavy (non-hydrogen) atoms. The predicted molar refractivity (Wildman–Crippen MR) is 42.9 cm³/mol. The van der Waals surface area contributed by atoms with Crippen molar-refractivity contribution >= 4 is 0 Å². The zero-order valence-electron chi connectivity index (χ0n) is 6.27. The average molecular weight is 124 g/mol. The van der Waals surface area contributed by atoms with Crippen LogP contribution in [0.2, 0.25) is 0 Å². The Balaban J connectivity index is 3.41. The molecule has 0 saturated heterocycles. The van der Waals surface area contributed by atoms with E-state index in [9.17, 15) is 0 Å². The van der Waals surface area contributed by atoms with E-state index in [0.29, 0.717) is 5.92 Å². The SMILES string of the molecule is [CH2]C=CC(C[CH2])CCC. The van der Waals surface area contributed by atoms with Crippen LogP contribution in [-0.4, -0.2) is 0 Å². The zero-order valence-corrected chi connectivity index (χ0v) is 6.27. The van der Waals surface area contributed by atoms with Crippen LogP contribution in [0, 0.1) is 19.8 Å². The topological polar surface area (TPSA) is 0 Å². The molecule has 1 unspecified atom stereocenters. The molecule has 0 aliphatic rings. The van der Waals surface area contributed by atoms with Gasteiger partial charge in [0.15, 0.2) is 0 Å². The van der Waals surface area contributed by atoms with Gasteiger partial charge in [-0.1, -0.05) is 32.4 Å². The van der Waals surface area contributed by atoms with Crippen molar-refractivity contribution in [3.63, 3.8) is 0 Å². The van der Waals surface area contributed by atoms with Crippen LogP contribution in [0.4, 0.5) is 0 Å². The van der Waals surface area contributed by atoms with Crippen LogP contribution in [0.5, 0.6) is 0 Å². The van der Waals surface area contributed by atoms with Gasteiger partial charge in [0.1, 0.15) is 0 Å². The summed E-state index contributed by atoms with van der Waals surface area (Å²) in [5, 5.41) is 0. The molecule has 0 bridgehead atoms. The summed E-state index contributed by atoms with van der Waals surface area (Å²) in [6, 6.07) is 0. The quantitative estimate of drug-likeness (QED) is 0.540. The Morgan fingerprint density at radius 3 is 2.56 bits per heavy atom. The predicted octanol–water partition coefficient (Wildman–Crippen LogP) is 3.02. The number of hydrogen-bond acceptors (Lipinski definition) is 0. The van der Waals surface area contributed by atoms with Gasteiger partial charge in [0.25, 0.3) is 0 Å². The van der Waals surface area contributed by atoms with Crippen molar-refractivity contribution in [2.45, 2.75) is 26.2 Å². The van der Waals surface area contributed by atoms with Gasteiger partial charge >= 0.3 is 0 Å². The summed E-state index contributed by atoms with van der Waals surface area (Å²) in [5.74, 6) is 0.660. The number of allylic oxidation sites excluding steroid dienone is 2. The molecule has 0 nitrogen and oxygen atoms in total. The van der Waals surface area contributed by atoms with Gasteiger partial charge in [0, 0.05) is 0 Å². The van der Waals surface area contributed by atoms with Crippen LogP contribution in [0.3, 0.4) is 0 Å². The lowest BCUT2D eigenvalue weighted by Crippen LogP contribution is -1.91.